The summed E-state index contributed by atoms with van der Waals surface area (Å²) in [5.41, 5.74) is 7.17. The van der Waals surface area contributed by atoms with E-state index in [1.54, 1.807) is 14.0 Å². The first-order valence-corrected chi connectivity index (χ1v) is 4.42. The van der Waals surface area contributed by atoms with E-state index in [0.29, 0.717) is 23.6 Å². The van der Waals surface area contributed by atoms with Crippen LogP contribution in [0.25, 0.3) is 0 Å². The molecule has 0 fully saturated rings. The predicted octanol–water partition coefficient (Wildman–Crippen LogP) is -0.579. The molecule has 0 aliphatic carbocycles. The normalized spacial score (nSPS) is 22.0. The Morgan fingerprint density at radius 1 is 1.73 bits per heavy atom. The lowest BCUT2D eigenvalue weighted by Crippen LogP contribution is -2.48. The number of ether oxygens (including phenoxy) is 1. The summed E-state index contributed by atoms with van der Waals surface area (Å²) in [7, 11) is 3.11. The smallest absolute Gasteiger partial charge is 0.234 e. The number of aliphatic imine (C=N–C) groups is 2. The molecule has 1 aliphatic heterocycles. The number of hydrogen-bond acceptors (Lipinski definition) is 6. The minimum atomic E-state index is -0.618. The second-order valence-corrected chi connectivity index (χ2v) is 2.97. The highest BCUT2D eigenvalue weighted by Gasteiger charge is 2.22. The van der Waals surface area contributed by atoms with Gasteiger partial charge in [-0.2, -0.15) is 0 Å². The first-order valence-electron chi connectivity index (χ1n) is 4.42. The third-order valence-corrected chi connectivity index (χ3v) is 2.01. The maximum atomic E-state index is 10.6. The Morgan fingerprint density at radius 3 is 2.87 bits per heavy atom. The number of nitrogens with two attached hydrogens (primary N) is 1. The molecule has 0 saturated carbocycles. The third-order valence-electron chi connectivity index (χ3n) is 2.01. The number of hydrogen-bond donors (Lipinski definition) is 2. The standard InChI is InChI=1S/C9H14N4O2/c1-5-7(9(11-2)15-3)13-8(10)6(4-14)12-5/h4,8,13H,10H2,1-3H3. The molecule has 1 unspecified atom stereocenters. The Hall–Kier alpha value is -1.69. The van der Waals surface area contributed by atoms with E-state index in [4.69, 9.17) is 10.5 Å². The minimum absolute atomic E-state index is 0.266. The van der Waals surface area contributed by atoms with Crippen molar-refractivity contribution in [2.24, 2.45) is 15.7 Å². The van der Waals surface area contributed by atoms with Crippen molar-refractivity contribution in [1.82, 2.24) is 5.32 Å². The van der Waals surface area contributed by atoms with Crippen LogP contribution in [0, 0.1) is 0 Å². The molecule has 6 heteroatoms. The van der Waals surface area contributed by atoms with Gasteiger partial charge in [-0.3, -0.25) is 9.79 Å². The maximum absolute atomic E-state index is 10.6. The number of carbonyl (C=O) groups is 1. The molecule has 1 rings (SSSR count). The van der Waals surface area contributed by atoms with Crippen molar-refractivity contribution in [2.45, 2.75) is 13.1 Å². The fourth-order valence-corrected chi connectivity index (χ4v) is 1.27. The van der Waals surface area contributed by atoms with Crippen molar-refractivity contribution < 1.29 is 9.53 Å². The fraction of sp³-hybridized carbons (Fsp3) is 0.444. The Bertz CT molecular complexity index is 357. The molecule has 0 bridgehead atoms. The lowest BCUT2D eigenvalue weighted by Gasteiger charge is -2.23. The third kappa shape index (κ3) is 2.21. The van der Waals surface area contributed by atoms with E-state index in [1.807, 2.05) is 0 Å². The van der Waals surface area contributed by atoms with Gasteiger partial charge in [0.1, 0.15) is 17.6 Å². The van der Waals surface area contributed by atoms with E-state index in [2.05, 4.69) is 15.3 Å². The van der Waals surface area contributed by atoms with Gasteiger partial charge in [0.2, 0.25) is 5.90 Å². The van der Waals surface area contributed by atoms with Crippen molar-refractivity contribution in [1.29, 1.82) is 0 Å². The molecule has 0 aromatic carbocycles. The van der Waals surface area contributed by atoms with Gasteiger partial charge in [-0.1, -0.05) is 0 Å². The summed E-state index contributed by atoms with van der Waals surface area (Å²) < 4.78 is 5.04. The highest BCUT2D eigenvalue weighted by molar-refractivity contribution is 6.31. The van der Waals surface area contributed by atoms with Gasteiger partial charge in [0.25, 0.3) is 0 Å². The number of aldehydes is 1. The van der Waals surface area contributed by atoms with Crippen LogP contribution in [0.4, 0.5) is 0 Å². The average molecular weight is 210 g/mol. The van der Waals surface area contributed by atoms with Gasteiger partial charge in [0.15, 0.2) is 6.29 Å². The van der Waals surface area contributed by atoms with Crippen LogP contribution in [0.5, 0.6) is 0 Å². The quantitative estimate of drug-likeness (QED) is 0.362. The Balaban J connectivity index is 3.10. The lowest BCUT2D eigenvalue weighted by atomic mass is 10.2. The van der Waals surface area contributed by atoms with Crippen LogP contribution in [0.1, 0.15) is 6.92 Å². The van der Waals surface area contributed by atoms with Gasteiger partial charge in [-0.05, 0) is 6.92 Å². The molecular weight excluding hydrogens is 196 g/mol. The van der Waals surface area contributed by atoms with Gasteiger partial charge < -0.3 is 15.8 Å². The largest absolute Gasteiger partial charge is 0.480 e. The lowest BCUT2D eigenvalue weighted by molar-refractivity contribution is -0.102. The van der Waals surface area contributed by atoms with Crippen LogP contribution in [-0.2, 0) is 9.53 Å². The molecule has 0 radical (unpaired) electrons. The van der Waals surface area contributed by atoms with Crippen LogP contribution < -0.4 is 11.1 Å². The van der Waals surface area contributed by atoms with Crippen LogP contribution in [0.15, 0.2) is 21.4 Å². The van der Waals surface area contributed by atoms with Crippen LogP contribution in [0.3, 0.4) is 0 Å². The Labute approximate surface area is 87.9 Å². The van der Waals surface area contributed by atoms with E-state index in [-0.39, 0.29) is 5.71 Å². The monoisotopic (exact) mass is 210 g/mol. The number of allylic oxidation sites excluding steroid dienone is 1. The van der Waals surface area contributed by atoms with Crippen molar-refractivity contribution >= 4 is 17.9 Å². The van der Waals surface area contributed by atoms with Crippen LogP contribution >= 0.6 is 0 Å². The maximum Gasteiger partial charge on any atom is 0.234 e. The number of carbonyl (C=O) groups excluding carboxylic acids is 1. The number of rotatable bonds is 2. The Morgan fingerprint density at radius 2 is 2.40 bits per heavy atom. The predicted molar refractivity (Wildman–Crippen MR) is 57.7 cm³/mol. The molecule has 82 valence electrons. The summed E-state index contributed by atoms with van der Waals surface area (Å²) >= 11 is 0. The molecule has 1 heterocycles. The van der Waals surface area contributed by atoms with Gasteiger partial charge in [0.05, 0.1) is 12.8 Å². The zero-order valence-corrected chi connectivity index (χ0v) is 8.94. The minimum Gasteiger partial charge on any atom is -0.480 e. The highest BCUT2D eigenvalue weighted by atomic mass is 16.5. The SMILES string of the molecule is CN=C(OC)C1=C(C)N=C(C=O)C(N)N1. The Kier molecular flexibility index (Phi) is 3.56. The van der Waals surface area contributed by atoms with Crippen molar-refractivity contribution in [3.63, 3.8) is 0 Å². The zero-order valence-electron chi connectivity index (χ0n) is 8.94. The van der Waals surface area contributed by atoms with Crippen molar-refractivity contribution in [2.75, 3.05) is 14.2 Å². The molecule has 0 amide bonds. The second kappa shape index (κ2) is 4.70. The molecule has 0 aromatic rings. The average Bonchev–Trinajstić information content (AvgIpc) is 2.24. The molecule has 15 heavy (non-hydrogen) atoms. The molecule has 3 N–H and O–H groups in total. The first kappa shape index (κ1) is 11.4. The van der Waals surface area contributed by atoms with Gasteiger partial charge in [0, 0.05) is 7.05 Å². The summed E-state index contributed by atoms with van der Waals surface area (Å²) in [6, 6.07) is 0. The van der Waals surface area contributed by atoms with E-state index < -0.39 is 6.17 Å². The zero-order chi connectivity index (χ0) is 11.4. The molecule has 0 aromatic heterocycles. The molecule has 0 spiro atoms. The molecular formula is C9H14N4O2. The topological polar surface area (TPSA) is 89.1 Å². The fourth-order valence-electron chi connectivity index (χ4n) is 1.27. The van der Waals surface area contributed by atoms with Gasteiger partial charge in [-0.15, -0.1) is 0 Å². The first-order chi connectivity index (χ1) is 7.13. The van der Waals surface area contributed by atoms with E-state index in [0.717, 1.165) is 0 Å². The second-order valence-electron chi connectivity index (χ2n) is 2.97. The van der Waals surface area contributed by atoms with E-state index >= 15 is 0 Å². The highest BCUT2D eigenvalue weighted by Crippen LogP contribution is 2.11. The van der Waals surface area contributed by atoms with Gasteiger partial charge in [-0.25, -0.2) is 4.99 Å². The molecule has 6 nitrogen and oxygen atoms in total. The molecule has 1 aliphatic rings. The van der Waals surface area contributed by atoms with Crippen molar-refractivity contribution in [3.8, 4) is 0 Å². The van der Waals surface area contributed by atoms with Crippen molar-refractivity contribution in [3.05, 3.63) is 11.4 Å². The van der Waals surface area contributed by atoms with E-state index in [1.165, 1.54) is 7.11 Å². The summed E-state index contributed by atoms with van der Waals surface area (Å²) in [4.78, 5) is 18.6. The van der Waals surface area contributed by atoms with Crippen LogP contribution in [0.2, 0.25) is 0 Å². The van der Waals surface area contributed by atoms with E-state index in [9.17, 15) is 4.79 Å². The molecule has 1 atom stereocenters. The summed E-state index contributed by atoms with van der Waals surface area (Å²) in [6.07, 6.45) is 0.0150. The van der Waals surface area contributed by atoms with Crippen LogP contribution in [-0.4, -0.2) is 38.2 Å². The number of nitrogens with zero attached hydrogens (tertiary/aromatic N) is 2. The summed E-state index contributed by atoms with van der Waals surface area (Å²) in [6.45, 7) is 1.75. The van der Waals surface area contributed by atoms with Gasteiger partial charge >= 0.3 is 0 Å². The molecule has 0 saturated heterocycles. The number of methoxy groups -OCH3 is 1. The summed E-state index contributed by atoms with van der Waals surface area (Å²) in [5, 5.41) is 2.91. The summed E-state index contributed by atoms with van der Waals surface area (Å²) in [5.74, 6) is 0.414. The number of nitrogens with one attached hydrogen (secondary N) is 1.